The van der Waals surface area contributed by atoms with E-state index >= 15 is 0 Å². The van der Waals surface area contributed by atoms with Crippen LogP contribution in [0.25, 0.3) is 0 Å². The molecule has 0 aliphatic carbocycles. The number of amides is 1. The molecule has 64 valence electrons. The summed E-state index contributed by atoms with van der Waals surface area (Å²) < 4.78 is 0. The number of hydrogen-bond donors (Lipinski definition) is 1. The quantitative estimate of drug-likeness (QED) is 0.526. The Kier molecular flexibility index (Phi) is 2.39. The summed E-state index contributed by atoms with van der Waals surface area (Å²) in [6.45, 7) is 1.75. The van der Waals surface area contributed by atoms with Crippen LogP contribution >= 0.6 is 11.3 Å². The summed E-state index contributed by atoms with van der Waals surface area (Å²) in [6.07, 6.45) is 0. The fraction of sp³-hybridized carbons (Fsp3) is 0.167. The summed E-state index contributed by atoms with van der Waals surface area (Å²) in [4.78, 5) is 14.5. The third-order valence-electron chi connectivity index (χ3n) is 1.15. The van der Waals surface area contributed by atoms with Crippen molar-refractivity contribution in [1.29, 1.82) is 0 Å². The van der Waals surface area contributed by atoms with Crippen LogP contribution in [0.2, 0.25) is 0 Å². The molecule has 0 unspecified atom stereocenters. The van der Waals surface area contributed by atoms with Gasteiger partial charge in [-0.05, 0) is 6.92 Å². The van der Waals surface area contributed by atoms with E-state index in [4.69, 9.17) is 5.73 Å². The summed E-state index contributed by atoms with van der Waals surface area (Å²) in [7, 11) is 0. The van der Waals surface area contributed by atoms with Gasteiger partial charge in [0.15, 0.2) is 5.71 Å². The van der Waals surface area contributed by atoms with E-state index < -0.39 is 5.91 Å². The minimum atomic E-state index is -0.848. The molecule has 1 heterocycles. The predicted molar refractivity (Wildman–Crippen MR) is 45.9 cm³/mol. The molecule has 0 radical (unpaired) electrons. The van der Waals surface area contributed by atoms with Gasteiger partial charge in [0.2, 0.25) is 0 Å². The highest BCUT2D eigenvalue weighted by molar-refractivity contribution is 7.12. The predicted octanol–water partition coefficient (Wildman–Crippen LogP) is 0.224. The first-order chi connectivity index (χ1) is 5.65. The summed E-state index contributed by atoms with van der Waals surface area (Å²) in [5.41, 5.74) is 5.31. The number of rotatable bonds is 2. The molecule has 1 aromatic rings. The number of aryl methyl sites for hydroxylation is 1. The molecule has 12 heavy (non-hydrogen) atoms. The molecule has 0 aliphatic heterocycles. The Morgan fingerprint density at radius 3 is 2.83 bits per heavy atom. The molecule has 0 saturated carbocycles. The molecule has 0 spiro atoms. The lowest BCUT2D eigenvalue weighted by molar-refractivity contribution is -0.111. The van der Waals surface area contributed by atoms with Crippen LogP contribution in [0.1, 0.15) is 10.7 Å². The zero-order valence-corrected chi connectivity index (χ0v) is 7.09. The van der Waals surface area contributed by atoms with Gasteiger partial charge >= 0.3 is 0 Å². The van der Waals surface area contributed by atoms with Crippen LogP contribution in [0.3, 0.4) is 0 Å². The second-order valence-electron chi connectivity index (χ2n) is 2.10. The average Bonchev–Trinajstić information content (AvgIpc) is 2.37. The van der Waals surface area contributed by atoms with Crippen LogP contribution in [0.4, 0.5) is 0 Å². The van der Waals surface area contributed by atoms with E-state index in [1.807, 2.05) is 0 Å². The molecule has 0 aliphatic rings. The summed E-state index contributed by atoms with van der Waals surface area (Å²) in [5.74, 6) is -0.848. The lowest BCUT2D eigenvalue weighted by Crippen LogP contribution is -2.23. The van der Waals surface area contributed by atoms with Crippen molar-refractivity contribution in [1.82, 2.24) is 4.98 Å². The molecule has 0 bridgehead atoms. The topological polar surface area (TPSA) is 91.4 Å². The molecule has 2 N–H and O–H groups in total. The van der Waals surface area contributed by atoms with Crippen molar-refractivity contribution >= 4 is 23.0 Å². The fourth-order valence-corrected chi connectivity index (χ4v) is 1.43. The number of nitrogens with zero attached hydrogens (tertiary/aromatic N) is 2. The molecule has 0 saturated heterocycles. The van der Waals surface area contributed by atoms with Gasteiger partial charge in [-0.3, -0.25) is 4.79 Å². The molecule has 0 fully saturated rings. The Labute approximate surface area is 72.5 Å². The Morgan fingerprint density at radius 1 is 1.83 bits per heavy atom. The SMILES string of the molecule is Cc1csc(C(=N[O-])C(N)=O)n1. The van der Waals surface area contributed by atoms with Crippen LogP contribution < -0.4 is 5.73 Å². The Morgan fingerprint density at radius 2 is 2.50 bits per heavy atom. The molecular weight excluding hydrogens is 178 g/mol. The van der Waals surface area contributed by atoms with E-state index in [9.17, 15) is 10.0 Å². The molecule has 0 aromatic carbocycles. The summed E-state index contributed by atoms with van der Waals surface area (Å²) >= 11 is 1.17. The highest BCUT2D eigenvalue weighted by atomic mass is 32.1. The lowest BCUT2D eigenvalue weighted by Gasteiger charge is -1.98. The van der Waals surface area contributed by atoms with E-state index in [2.05, 4.69) is 10.1 Å². The second kappa shape index (κ2) is 3.31. The zero-order valence-electron chi connectivity index (χ0n) is 6.27. The van der Waals surface area contributed by atoms with Crippen LogP contribution in [0.15, 0.2) is 10.5 Å². The van der Waals surface area contributed by atoms with Crippen molar-refractivity contribution in [3.05, 3.63) is 21.3 Å². The van der Waals surface area contributed by atoms with Gasteiger partial charge in [0.25, 0.3) is 5.91 Å². The normalized spacial score (nSPS) is 11.6. The maximum Gasteiger partial charge on any atom is 0.269 e. The first kappa shape index (κ1) is 8.66. The number of aromatic nitrogens is 1. The highest BCUT2D eigenvalue weighted by Crippen LogP contribution is 2.09. The van der Waals surface area contributed by atoms with Crippen molar-refractivity contribution < 1.29 is 4.79 Å². The van der Waals surface area contributed by atoms with Crippen molar-refractivity contribution in [3.8, 4) is 0 Å². The van der Waals surface area contributed by atoms with Gasteiger partial charge in [0.1, 0.15) is 5.01 Å². The number of primary amides is 1. The third kappa shape index (κ3) is 1.59. The number of nitrogens with two attached hydrogens (primary N) is 1. The Balaban J connectivity index is 3.04. The van der Waals surface area contributed by atoms with Gasteiger partial charge in [-0.15, -0.1) is 11.3 Å². The number of carbonyl (C=O) groups excluding carboxylic acids is 1. The molecule has 1 rings (SSSR count). The van der Waals surface area contributed by atoms with E-state index in [1.165, 1.54) is 11.3 Å². The van der Waals surface area contributed by atoms with Gasteiger partial charge in [-0.1, -0.05) is 0 Å². The van der Waals surface area contributed by atoms with Crippen LogP contribution in [0, 0.1) is 12.1 Å². The first-order valence-electron chi connectivity index (χ1n) is 3.07. The van der Waals surface area contributed by atoms with E-state index in [1.54, 1.807) is 12.3 Å². The number of hydrogen-bond acceptors (Lipinski definition) is 5. The van der Waals surface area contributed by atoms with Crippen LogP contribution in [-0.4, -0.2) is 16.6 Å². The molecule has 0 atom stereocenters. The fourth-order valence-electron chi connectivity index (χ4n) is 0.652. The van der Waals surface area contributed by atoms with E-state index in [-0.39, 0.29) is 10.7 Å². The smallest absolute Gasteiger partial charge is 0.269 e. The molecule has 1 amide bonds. The van der Waals surface area contributed by atoms with Crippen molar-refractivity contribution in [3.63, 3.8) is 0 Å². The van der Waals surface area contributed by atoms with Gasteiger partial charge in [0, 0.05) is 11.1 Å². The molecular formula is C6H6N3O2S-. The van der Waals surface area contributed by atoms with Crippen LogP contribution in [-0.2, 0) is 4.79 Å². The lowest BCUT2D eigenvalue weighted by atomic mass is 10.4. The number of thiazole rings is 1. The minimum absolute atomic E-state index is 0.273. The summed E-state index contributed by atoms with van der Waals surface area (Å²) in [5, 5.41) is 14.6. The molecule has 1 aromatic heterocycles. The Bertz CT molecular complexity index is 331. The maximum atomic E-state index is 10.6. The second-order valence-corrected chi connectivity index (χ2v) is 2.96. The van der Waals surface area contributed by atoms with Crippen LogP contribution in [0.5, 0.6) is 0 Å². The van der Waals surface area contributed by atoms with Gasteiger partial charge < -0.3 is 16.1 Å². The first-order valence-corrected chi connectivity index (χ1v) is 3.95. The number of carbonyl (C=O) groups is 1. The zero-order chi connectivity index (χ0) is 9.14. The highest BCUT2D eigenvalue weighted by Gasteiger charge is 2.11. The van der Waals surface area contributed by atoms with Gasteiger partial charge in [-0.25, -0.2) is 4.98 Å². The largest absolute Gasteiger partial charge is 0.791 e. The third-order valence-corrected chi connectivity index (χ3v) is 2.11. The maximum absolute atomic E-state index is 10.6. The van der Waals surface area contributed by atoms with Crippen molar-refractivity contribution in [2.45, 2.75) is 6.92 Å². The van der Waals surface area contributed by atoms with E-state index in [0.717, 1.165) is 5.69 Å². The van der Waals surface area contributed by atoms with Crippen molar-refractivity contribution in [2.24, 2.45) is 10.9 Å². The minimum Gasteiger partial charge on any atom is -0.791 e. The van der Waals surface area contributed by atoms with Gasteiger partial charge in [-0.2, -0.15) is 0 Å². The van der Waals surface area contributed by atoms with E-state index in [0.29, 0.717) is 0 Å². The monoisotopic (exact) mass is 184 g/mol. The molecule has 6 heteroatoms. The molecule has 5 nitrogen and oxygen atoms in total. The Hall–Kier alpha value is -1.43. The summed E-state index contributed by atoms with van der Waals surface area (Å²) in [6, 6.07) is 0. The van der Waals surface area contributed by atoms with Gasteiger partial charge in [0.05, 0.1) is 0 Å². The van der Waals surface area contributed by atoms with Crippen molar-refractivity contribution in [2.75, 3.05) is 0 Å². The average molecular weight is 184 g/mol. The standard InChI is InChI=1S/C6H7N3O2S/c1-3-2-12-6(8-3)4(9-11)5(7)10/h2,11H,1H3,(H2,7,10)/p-1.